The highest BCUT2D eigenvalue weighted by molar-refractivity contribution is 7.96. The van der Waals surface area contributed by atoms with E-state index in [1.54, 1.807) is 6.20 Å². The molecule has 2 rings (SSSR count). The number of hydrogen-bond acceptors (Lipinski definition) is 4. The number of nitrogens with one attached hydrogen (secondary N) is 1. The Hall–Kier alpha value is -1.59. The van der Waals surface area contributed by atoms with E-state index in [1.807, 2.05) is 36.6 Å². The van der Waals surface area contributed by atoms with Crippen LogP contribution in [0.4, 0.5) is 0 Å². The highest BCUT2D eigenvalue weighted by Gasteiger charge is 2.18. The van der Waals surface area contributed by atoms with Gasteiger partial charge in [0.1, 0.15) is 6.04 Å². The van der Waals surface area contributed by atoms with Gasteiger partial charge in [-0.15, -0.1) is 0 Å². The summed E-state index contributed by atoms with van der Waals surface area (Å²) in [5.41, 5.74) is 0.807. The molecule has 2 N–H and O–H groups in total. The summed E-state index contributed by atoms with van der Waals surface area (Å²) in [4.78, 5) is 15.4. The number of aromatic nitrogens is 1. The zero-order valence-corrected chi connectivity index (χ0v) is 10.8. The molecule has 0 amide bonds. The maximum absolute atomic E-state index is 11.1. The van der Waals surface area contributed by atoms with Crippen molar-refractivity contribution in [1.82, 2.24) is 9.71 Å². The number of carboxylic acid groups (broad SMARTS) is 1. The number of fused-ring (bicyclic) bond motifs is 1. The van der Waals surface area contributed by atoms with Gasteiger partial charge in [-0.2, -0.15) is 0 Å². The molecule has 0 spiro atoms. The molecule has 2 aromatic rings. The van der Waals surface area contributed by atoms with E-state index in [0.717, 1.165) is 16.5 Å². The Bertz CT molecular complexity index is 554. The average molecular weight is 262 g/mol. The number of carbonyl (C=O) groups is 1. The molecule has 18 heavy (non-hydrogen) atoms. The standard InChI is InChI=1S/C13H14N2O2S/c1-18-15-12(13(16)17)8-11-10-5-3-2-4-9(10)6-7-14-11/h2-7,12,15H,8H2,1H3,(H,16,17). The molecule has 5 heteroatoms. The van der Waals surface area contributed by atoms with Crippen LogP contribution in [0.3, 0.4) is 0 Å². The summed E-state index contributed by atoms with van der Waals surface area (Å²) in [5, 5.41) is 11.2. The highest BCUT2D eigenvalue weighted by Crippen LogP contribution is 2.17. The van der Waals surface area contributed by atoms with Crippen molar-refractivity contribution < 1.29 is 9.90 Å². The number of hydrogen-bond donors (Lipinski definition) is 2. The van der Waals surface area contributed by atoms with Crippen molar-refractivity contribution in [3.8, 4) is 0 Å². The zero-order valence-electron chi connectivity index (χ0n) is 9.96. The summed E-state index contributed by atoms with van der Waals surface area (Å²) in [6, 6.07) is 9.16. The Balaban J connectivity index is 2.33. The second-order valence-corrected chi connectivity index (χ2v) is 4.54. The molecule has 0 aliphatic carbocycles. The normalized spacial score (nSPS) is 12.5. The molecule has 1 aromatic heterocycles. The fraction of sp³-hybridized carbons (Fsp3) is 0.231. The first-order valence-corrected chi connectivity index (χ1v) is 6.79. The fourth-order valence-electron chi connectivity index (χ4n) is 1.86. The van der Waals surface area contributed by atoms with Crippen molar-refractivity contribution >= 4 is 28.7 Å². The van der Waals surface area contributed by atoms with Gasteiger partial charge < -0.3 is 5.11 Å². The topological polar surface area (TPSA) is 62.2 Å². The zero-order chi connectivity index (χ0) is 13.0. The first kappa shape index (κ1) is 12.9. The van der Waals surface area contributed by atoms with Crippen LogP contribution in [0, 0.1) is 0 Å². The quantitative estimate of drug-likeness (QED) is 0.808. The Morgan fingerprint density at radius 2 is 2.22 bits per heavy atom. The molecular formula is C13H14N2O2S. The summed E-state index contributed by atoms with van der Waals surface area (Å²) in [7, 11) is 0. The lowest BCUT2D eigenvalue weighted by Crippen LogP contribution is -2.34. The molecular weight excluding hydrogens is 248 g/mol. The summed E-state index contributed by atoms with van der Waals surface area (Å²) in [6.07, 6.45) is 3.90. The van der Waals surface area contributed by atoms with E-state index < -0.39 is 12.0 Å². The Morgan fingerprint density at radius 3 is 2.94 bits per heavy atom. The van der Waals surface area contributed by atoms with Crippen LogP contribution in [-0.2, 0) is 11.2 Å². The van der Waals surface area contributed by atoms with Gasteiger partial charge in [0.25, 0.3) is 0 Å². The minimum absolute atomic E-state index is 0.373. The molecule has 0 radical (unpaired) electrons. The molecule has 1 atom stereocenters. The van der Waals surface area contributed by atoms with Crippen molar-refractivity contribution in [3.05, 3.63) is 42.2 Å². The molecule has 0 aliphatic heterocycles. The summed E-state index contributed by atoms with van der Waals surface area (Å²) in [5.74, 6) is -0.862. The lowest BCUT2D eigenvalue weighted by Gasteiger charge is -2.13. The minimum Gasteiger partial charge on any atom is -0.480 e. The molecule has 94 valence electrons. The maximum Gasteiger partial charge on any atom is 0.321 e. The molecule has 0 saturated carbocycles. The largest absolute Gasteiger partial charge is 0.480 e. The third kappa shape index (κ3) is 2.80. The van der Waals surface area contributed by atoms with Crippen LogP contribution in [0.2, 0.25) is 0 Å². The summed E-state index contributed by atoms with van der Waals surface area (Å²) in [6.45, 7) is 0. The predicted molar refractivity (Wildman–Crippen MR) is 73.5 cm³/mol. The van der Waals surface area contributed by atoms with Gasteiger partial charge in [-0.05, 0) is 17.7 Å². The first-order chi connectivity index (χ1) is 8.72. The predicted octanol–water partition coefficient (Wildman–Crippen LogP) is 2.10. The smallest absolute Gasteiger partial charge is 0.321 e. The van der Waals surface area contributed by atoms with Crippen molar-refractivity contribution in [2.24, 2.45) is 0 Å². The number of pyridine rings is 1. The SMILES string of the molecule is CSNC(Cc1nccc2ccccc12)C(=O)O. The Labute approximate surface area is 110 Å². The molecule has 1 aromatic carbocycles. The first-order valence-electron chi connectivity index (χ1n) is 5.56. The van der Waals surface area contributed by atoms with E-state index in [0.29, 0.717) is 6.42 Å². The van der Waals surface area contributed by atoms with Crippen molar-refractivity contribution in [3.63, 3.8) is 0 Å². The number of nitrogens with zero attached hydrogens (tertiary/aromatic N) is 1. The number of carboxylic acids is 1. The van der Waals surface area contributed by atoms with Gasteiger partial charge in [-0.25, -0.2) is 4.72 Å². The summed E-state index contributed by atoms with van der Waals surface area (Å²) >= 11 is 1.30. The van der Waals surface area contributed by atoms with E-state index >= 15 is 0 Å². The van der Waals surface area contributed by atoms with Crippen molar-refractivity contribution in [2.75, 3.05) is 6.26 Å². The van der Waals surface area contributed by atoms with E-state index in [1.165, 1.54) is 11.9 Å². The average Bonchev–Trinajstić information content (AvgIpc) is 2.38. The molecule has 0 aliphatic rings. The summed E-state index contributed by atoms with van der Waals surface area (Å²) < 4.78 is 2.87. The number of aliphatic carboxylic acids is 1. The lowest BCUT2D eigenvalue weighted by atomic mass is 10.0. The van der Waals surface area contributed by atoms with Gasteiger partial charge in [0.2, 0.25) is 0 Å². The third-order valence-electron chi connectivity index (χ3n) is 2.71. The molecule has 0 bridgehead atoms. The van der Waals surface area contributed by atoms with Gasteiger partial charge in [0, 0.05) is 18.0 Å². The number of benzene rings is 1. The van der Waals surface area contributed by atoms with Gasteiger partial charge in [0.05, 0.1) is 5.69 Å². The highest BCUT2D eigenvalue weighted by atomic mass is 32.2. The Kier molecular flexibility index (Phi) is 4.17. The van der Waals surface area contributed by atoms with Gasteiger partial charge in [0.15, 0.2) is 0 Å². The van der Waals surface area contributed by atoms with Crippen LogP contribution in [-0.4, -0.2) is 28.4 Å². The maximum atomic E-state index is 11.1. The van der Waals surface area contributed by atoms with Crippen molar-refractivity contribution in [2.45, 2.75) is 12.5 Å². The van der Waals surface area contributed by atoms with Crippen LogP contribution in [0.25, 0.3) is 10.8 Å². The molecule has 0 fully saturated rings. The minimum atomic E-state index is -0.862. The molecule has 1 unspecified atom stereocenters. The lowest BCUT2D eigenvalue weighted by molar-refractivity contribution is -0.138. The fourth-order valence-corrected chi connectivity index (χ4v) is 2.33. The monoisotopic (exact) mass is 262 g/mol. The second-order valence-electron chi connectivity index (χ2n) is 3.90. The Morgan fingerprint density at radius 1 is 1.44 bits per heavy atom. The van der Waals surface area contributed by atoms with Crippen LogP contribution in [0.1, 0.15) is 5.69 Å². The molecule has 1 heterocycles. The van der Waals surface area contributed by atoms with Gasteiger partial charge in [-0.1, -0.05) is 36.2 Å². The molecule has 0 saturated heterocycles. The van der Waals surface area contributed by atoms with Crippen LogP contribution in [0.5, 0.6) is 0 Å². The van der Waals surface area contributed by atoms with Crippen LogP contribution >= 0.6 is 11.9 Å². The molecule has 4 nitrogen and oxygen atoms in total. The van der Waals surface area contributed by atoms with E-state index in [9.17, 15) is 4.79 Å². The third-order valence-corrected chi connectivity index (χ3v) is 3.23. The van der Waals surface area contributed by atoms with E-state index in [-0.39, 0.29) is 0 Å². The van der Waals surface area contributed by atoms with Gasteiger partial charge >= 0.3 is 5.97 Å². The second kappa shape index (κ2) is 5.84. The van der Waals surface area contributed by atoms with Crippen LogP contribution < -0.4 is 4.72 Å². The van der Waals surface area contributed by atoms with Crippen molar-refractivity contribution in [1.29, 1.82) is 0 Å². The van der Waals surface area contributed by atoms with E-state index in [2.05, 4.69) is 9.71 Å². The van der Waals surface area contributed by atoms with Crippen LogP contribution in [0.15, 0.2) is 36.5 Å². The van der Waals surface area contributed by atoms with Gasteiger partial charge in [-0.3, -0.25) is 9.78 Å². The van der Waals surface area contributed by atoms with E-state index in [4.69, 9.17) is 5.11 Å². The number of rotatable bonds is 5.